The van der Waals surface area contributed by atoms with E-state index in [0.29, 0.717) is 0 Å². The van der Waals surface area contributed by atoms with Gasteiger partial charge in [0.2, 0.25) is 0 Å². The van der Waals surface area contributed by atoms with Crippen molar-refractivity contribution in [2.45, 2.75) is 6.92 Å². The lowest BCUT2D eigenvalue weighted by Crippen LogP contribution is -2.10. The molecular formula is C67H42N4O2. The average molecular weight is 935 g/mol. The van der Waals surface area contributed by atoms with Crippen molar-refractivity contribution in [2.24, 2.45) is 0 Å². The summed E-state index contributed by atoms with van der Waals surface area (Å²) < 4.78 is 18.5. The number of furan rings is 2. The van der Waals surface area contributed by atoms with Gasteiger partial charge in [0.15, 0.2) is 11.2 Å². The number of benzene rings is 10. The fraction of sp³-hybridized carbons (Fsp3) is 0.0149. The van der Waals surface area contributed by atoms with E-state index in [1.54, 1.807) is 0 Å². The van der Waals surface area contributed by atoms with Crippen molar-refractivity contribution in [3.05, 3.63) is 236 Å². The first-order valence-corrected chi connectivity index (χ1v) is 24.9. The number of nitrogens with zero attached hydrogens (tertiary/aromatic N) is 4. The fourth-order valence-electron chi connectivity index (χ4n) is 12.5. The van der Waals surface area contributed by atoms with Crippen LogP contribution in [-0.2, 0) is 0 Å². The second-order valence-corrected chi connectivity index (χ2v) is 19.2. The maximum Gasteiger partial charge on any atom is 0.159 e. The molecule has 0 aliphatic rings. The molecule has 6 heterocycles. The summed E-state index contributed by atoms with van der Waals surface area (Å²) in [6.07, 6.45) is 5.87. The van der Waals surface area contributed by atoms with Crippen LogP contribution in [-0.4, -0.2) is 8.80 Å². The van der Waals surface area contributed by atoms with Crippen LogP contribution in [0.5, 0.6) is 0 Å². The van der Waals surface area contributed by atoms with Crippen molar-refractivity contribution in [3.8, 4) is 0 Å². The summed E-state index contributed by atoms with van der Waals surface area (Å²) in [7, 11) is 0. The second-order valence-electron chi connectivity index (χ2n) is 19.2. The van der Waals surface area contributed by atoms with Gasteiger partial charge in [-0.3, -0.25) is 0 Å². The van der Waals surface area contributed by atoms with Gasteiger partial charge in [0, 0.05) is 76.2 Å². The van der Waals surface area contributed by atoms with E-state index in [4.69, 9.17) is 8.83 Å². The van der Waals surface area contributed by atoms with E-state index in [0.717, 1.165) is 78.4 Å². The van der Waals surface area contributed by atoms with E-state index < -0.39 is 0 Å². The Morgan fingerprint density at radius 2 is 0.877 bits per heavy atom. The highest BCUT2D eigenvalue weighted by Crippen LogP contribution is 2.53. The van der Waals surface area contributed by atoms with Crippen LogP contribution in [0.25, 0.3) is 115 Å². The van der Waals surface area contributed by atoms with Gasteiger partial charge < -0.3 is 27.4 Å². The highest BCUT2D eigenvalue weighted by Gasteiger charge is 2.30. The van der Waals surface area contributed by atoms with Crippen LogP contribution in [0.4, 0.5) is 34.1 Å². The van der Waals surface area contributed by atoms with Crippen LogP contribution in [0.15, 0.2) is 234 Å². The van der Waals surface area contributed by atoms with Gasteiger partial charge in [0.05, 0.1) is 55.8 Å². The molecule has 0 unspecified atom stereocenters. The first kappa shape index (κ1) is 40.0. The Morgan fingerprint density at radius 1 is 0.397 bits per heavy atom. The molecule has 6 aromatic heterocycles. The number of aromatic nitrogens is 2. The molecule has 16 aromatic rings. The van der Waals surface area contributed by atoms with E-state index >= 15 is 0 Å². The Bertz CT molecular complexity index is 4950. The number of fused-ring (bicyclic) bond motifs is 16. The van der Waals surface area contributed by atoms with Crippen molar-refractivity contribution < 1.29 is 8.83 Å². The molecule has 0 amide bonds. The molecular weight excluding hydrogens is 893 g/mol. The van der Waals surface area contributed by atoms with Gasteiger partial charge in [-0.15, -0.1) is 0 Å². The van der Waals surface area contributed by atoms with Gasteiger partial charge in [0.1, 0.15) is 11.3 Å². The number of hydrogen-bond donors (Lipinski definition) is 0. The first-order chi connectivity index (χ1) is 36.1. The molecule has 0 fully saturated rings. The molecule has 0 atom stereocenters. The monoisotopic (exact) mass is 934 g/mol. The highest BCUT2D eigenvalue weighted by atomic mass is 16.3. The summed E-state index contributed by atoms with van der Waals surface area (Å²) in [4.78, 5) is 4.78. The van der Waals surface area contributed by atoms with E-state index in [1.807, 2.05) is 25.1 Å². The minimum atomic E-state index is 0.841. The molecule has 6 nitrogen and oxygen atoms in total. The summed E-state index contributed by atoms with van der Waals surface area (Å²) >= 11 is 0. The Kier molecular flexibility index (Phi) is 8.15. The van der Waals surface area contributed by atoms with E-state index in [2.05, 4.69) is 231 Å². The third kappa shape index (κ3) is 5.36. The Labute approximate surface area is 418 Å². The average Bonchev–Trinajstić information content (AvgIpc) is 4.29. The van der Waals surface area contributed by atoms with E-state index in [1.165, 1.54) is 76.2 Å². The van der Waals surface area contributed by atoms with Gasteiger partial charge in [-0.25, -0.2) is 0 Å². The fourth-order valence-corrected chi connectivity index (χ4v) is 12.5. The van der Waals surface area contributed by atoms with Gasteiger partial charge in [-0.2, -0.15) is 0 Å². The van der Waals surface area contributed by atoms with E-state index in [9.17, 15) is 0 Å². The normalized spacial score (nSPS) is 12.5. The summed E-state index contributed by atoms with van der Waals surface area (Å²) in [5.74, 6) is 0.867. The Balaban J connectivity index is 0.976. The molecule has 0 bridgehead atoms. The molecule has 6 heteroatoms. The summed E-state index contributed by atoms with van der Waals surface area (Å²) in [5, 5.41) is 12.9. The molecule has 342 valence electrons. The molecule has 0 aliphatic carbocycles. The Hall–Kier alpha value is -9.78. The van der Waals surface area contributed by atoms with Crippen molar-refractivity contribution in [2.75, 3.05) is 9.80 Å². The molecule has 16 rings (SSSR count). The molecule has 73 heavy (non-hydrogen) atoms. The van der Waals surface area contributed by atoms with Crippen molar-refractivity contribution in [1.29, 1.82) is 0 Å². The maximum absolute atomic E-state index is 6.76. The van der Waals surface area contributed by atoms with Crippen LogP contribution in [0, 0.1) is 6.92 Å². The van der Waals surface area contributed by atoms with Crippen molar-refractivity contribution >= 4 is 149 Å². The van der Waals surface area contributed by atoms with Gasteiger partial charge in [-0.1, -0.05) is 152 Å². The lowest BCUT2D eigenvalue weighted by molar-refractivity contribution is 0.578. The van der Waals surface area contributed by atoms with E-state index in [-0.39, 0.29) is 0 Å². The molecule has 0 spiro atoms. The lowest BCUT2D eigenvalue weighted by atomic mass is 10.0. The number of para-hydroxylation sites is 7. The predicted octanol–water partition coefficient (Wildman–Crippen LogP) is 19.1. The van der Waals surface area contributed by atoms with Crippen molar-refractivity contribution in [1.82, 2.24) is 8.80 Å². The van der Waals surface area contributed by atoms with Gasteiger partial charge in [0.25, 0.3) is 0 Å². The SMILES string of the molecule is C=C/C=C\c1c(C)oc2c(N(c3ccccc3)c3ccc4c5cc6c(cc5n5c7ccccc7c3c45)c3ccc(N(c4ccccc4)c4cccc5c4oc4ccccc45)c4c5ccccc5n6c34)cccc12. The smallest absolute Gasteiger partial charge is 0.159 e. The van der Waals surface area contributed by atoms with Crippen LogP contribution < -0.4 is 9.80 Å². The standard InChI is InChI=1S/C67H42N4O2/c1-3-4-23-43-40(2)72-66-47(43)27-17-31-57(66)68(41-19-7-5-8-20-41)55-36-34-45-51-38-60-52(39-59(51)70-53-29-14-11-25-49(53)62(55)64(45)70)46-35-37-56(63-50-26-12-15-30-54(50)71(60)65(46)63)69(42-21-9-6-10-22-42)58-32-18-28-48-44-24-13-16-33-61(44)73-67(48)58/h3-39H,1H2,2H3/b23-4-. The number of allylic oxidation sites excluding steroid dienone is 2. The number of hydrogen-bond acceptors (Lipinski definition) is 4. The zero-order chi connectivity index (χ0) is 48.1. The number of rotatable bonds is 8. The minimum absolute atomic E-state index is 0.841. The first-order valence-electron chi connectivity index (χ1n) is 24.9. The highest BCUT2D eigenvalue weighted by molar-refractivity contribution is 6.32. The second kappa shape index (κ2) is 14.9. The molecule has 0 N–H and O–H groups in total. The van der Waals surface area contributed by atoms with Crippen LogP contribution in [0.2, 0.25) is 0 Å². The predicted molar refractivity (Wildman–Crippen MR) is 306 cm³/mol. The number of aryl methyl sites for hydroxylation is 1. The largest absolute Gasteiger partial charge is 0.459 e. The molecule has 10 aromatic carbocycles. The van der Waals surface area contributed by atoms with Crippen molar-refractivity contribution in [3.63, 3.8) is 0 Å². The zero-order valence-corrected chi connectivity index (χ0v) is 39.7. The summed E-state index contributed by atoms with van der Waals surface area (Å²) in [5.41, 5.74) is 17.0. The van der Waals surface area contributed by atoms with Crippen LogP contribution >= 0.6 is 0 Å². The zero-order valence-electron chi connectivity index (χ0n) is 39.7. The van der Waals surface area contributed by atoms with Gasteiger partial charge >= 0.3 is 0 Å². The third-order valence-corrected chi connectivity index (χ3v) is 15.5. The molecule has 0 saturated carbocycles. The minimum Gasteiger partial charge on any atom is -0.459 e. The number of anilines is 6. The van der Waals surface area contributed by atoms with Crippen LogP contribution in [0.3, 0.4) is 0 Å². The lowest BCUT2D eigenvalue weighted by Gasteiger charge is -2.26. The molecule has 0 radical (unpaired) electrons. The topological polar surface area (TPSA) is 41.6 Å². The quantitative estimate of drug-likeness (QED) is 0.142. The third-order valence-electron chi connectivity index (χ3n) is 15.5. The maximum atomic E-state index is 6.76. The molecule has 0 aliphatic heterocycles. The van der Waals surface area contributed by atoms with Crippen LogP contribution in [0.1, 0.15) is 11.3 Å². The Morgan fingerprint density at radius 3 is 1.44 bits per heavy atom. The summed E-state index contributed by atoms with van der Waals surface area (Å²) in [6, 6.07) is 74.7. The summed E-state index contributed by atoms with van der Waals surface area (Å²) in [6.45, 7) is 5.97. The molecule has 0 saturated heterocycles. The van der Waals surface area contributed by atoms with Gasteiger partial charge in [-0.05, 0) is 85.8 Å².